The van der Waals surface area contributed by atoms with Gasteiger partial charge in [-0.3, -0.25) is 4.79 Å². The molecule has 7 heteroatoms. The molecule has 0 radical (unpaired) electrons. The maximum atomic E-state index is 12.0. The normalized spacial score (nSPS) is 11.4. The summed E-state index contributed by atoms with van der Waals surface area (Å²) in [7, 11) is 1.53. The lowest BCUT2D eigenvalue weighted by Crippen LogP contribution is -2.37. The van der Waals surface area contributed by atoms with Gasteiger partial charge < -0.3 is 19.9 Å². The van der Waals surface area contributed by atoms with Crippen molar-refractivity contribution in [3.8, 4) is 5.88 Å². The van der Waals surface area contributed by atoms with Crippen molar-refractivity contribution >= 4 is 12.1 Å². The summed E-state index contributed by atoms with van der Waals surface area (Å²) in [4.78, 5) is 27.0. The van der Waals surface area contributed by atoms with Crippen molar-refractivity contribution in [2.75, 3.05) is 7.11 Å². The second kappa shape index (κ2) is 10.0. The molecule has 1 amide bonds. The number of benzene rings is 1. The Hall–Kier alpha value is -3.09. The van der Waals surface area contributed by atoms with E-state index in [0.29, 0.717) is 18.7 Å². The summed E-state index contributed by atoms with van der Waals surface area (Å²) in [5.74, 6) is -0.423. The minimum absolute atomic E-state index is 0.0484. The Labute approximate surface area is 152 Å². The number of nitrogens with zero attached hydrogens (tertiary/aromatic N) is 1. The van der Waals surface area contributed by atoms with Crippen LogP contribution in [0.3, 0.4) is 0 Å². The minimum Gasteiger partial charge on any atom is -0.481 e. The molecule has 1 heterocycles. The number of methoxy groups -OCH3 is 1. The van der Waals surface area contributed by atoms with Gasteiger partial charge in [0.25, 0.3) is 0 Å². The predicted octanol–water partition coefficient (Wildman–Crippen LogP) is 2.79. The Morgan fingerprint density at radius 1 is 1.15 bits per heavy atom. The van der Waals surface area contributed by atoms with Crippen LogP contribution in [0.2, 0.25) is 0 Å². The standard InChI is InChI=1S/C19H22N2O5/c1-25-17-9-7-15(12-20-17)11-16(8-10-18(22)23)21-19(24)26-13-14-5-3-2-4-6-14/h2-7,9,12,16H,8,10-11,13H2,1H3,(H,21,24)(H,22,23). The first-order valence-corrected chi connectivity index (χ1v) is 8.24. The zero-order valence-corrected chi connectivity index (χ0v) is 14.6. The fourth-order valence-electron chi connectivity index (χ4n) is 2.39. The van der Waals surface area contributed by atoms with E-state index in [1.807, 2.05) is 36.4 Å². The van der Waals surface area contributed by atoms with Gasteiger partial charge >= 0.3 is 12.1 Å². The van der Waals surface area contributed by atoms with E-state index in [0.717, 1.165) is 11.1 Å². The fraction of sp³-hybridized carbons (Fsp3) is 0.316. The molecule has 1 atom stereocenters. The minimum atomic E-state index is -0.915. The molecule has 0 aliphatic heterocycles. The molecule has 1 aromatic carbocycles. The molecule has 138 valence electrons. The van der Waals surface area contributed by atoms with Crippen molar-refractivity contribution in [2.24, 2.45) is 0 Å². The average Bonchev–Trinajstić information content (AvgIpc) is 2.66. The Balaban J connectivity index is 1.91. The SMILES string of the molecule is COc1ccc(CC(CCC(=O)O)NC(=O)OCc2ccccc2)cn1. The molecule has 0 saturated carbocycles. The Morgan fingerprint density at radius 2 is 1.92 bits per heavy atom. The first-order chi connectivity index (χ1) is 12.6. The second-order valence-electron chi connectivity index (χ2n) is 5.75. The van der Waals surface area contributed by atoms with Crippen molar-refractivity contribution in [3.05, 3.63) is 59.8 Å². The van der Waals surface area contributed by atoms with Crippen LogP contribution < -0.4 is 10.1 Å². The maximum Gasteiger partial charge on any atom is 0.407 e. The Morgan fingerprint density at radius 3 is 2.54 bits per heavy atom. The summed E-state index contributed by atoms with van der Waals surface area (Å²) < 4.78 is 10.2. The molecular formula is C19H22N2O5. The molecule has 0 fully saturated rings. The van der Waals surface area contributed by atoms with Crippen LogP contribution in [0.1, 0.15) is 24.0 Å². The lowest BCUT2D eigenvalue weighted by atomic mass is 10.0. The number of aliphatic carboxylic acids is 1. The summed E-state index contributed by atoms with van der Waals surface area (Å²) in [5, 5.41) is 11.6. The lowest BCUT2D eigenvalue weighted by Gasteiger charge is -2.18. The number of amides is 1. The number of carbonyl (C=O) groups is 2. The molecule has 26 heavy (non-hydrogen) atoms. The van der Waals surface area contributed by atoms with Crippen molar-refractivity contribution < 1.29 is 24.2 Å². The molecular weight excluding hydrogens is 336 g/mol. The quantitative estimate of drug-likeness (QED) is 0.715. The van der Waals surface area contributed by atoms with Gasteiger partial charge in [0, 0.05) is 24.7 Å². The summed E-state index contributed by atoms with van der Waals surface area (Å²) >= 11 is 0. The summed E-state index contributed by atoms with van der Waals surface area (Å²) in [6, 6.07) is 12.5. The predicted molar refractivity (Wildman–Crippen MR) is 94.9 cm³/mol. The highest BCUT2D eigenvalue weighted by molar-refractivity contribution is 5.68. The third-order valence-corrected chi connectivity index (χ3v) is 3.73. The second-order valence-corrected chi connectivity index (χ2v) is 5.75. The van der Waals surface area contributed by atoms with E-state index in [1.165, 1.54) is 7.11 Å². The molecule has 2 N–H and O–H groups in total. The molecule has 0 saturated heterocycles. The molecule has 2 rings (SSSR count). The van der Waals surface area contributed by atoms with E-state index in [2.05, 4.69) is 10.3 Å². The highest BCUT2D eigenvalue weighted by Crippen LogP contribution is 2.11. The first-order valence-electron chi connectivity index (χ1n) is 8.24. The molecule has 0 bridgehead atoms. The number of carboxylic acids is 1. The van der Waals surface area contributed by atoms with Crippen LogP contribution in [0.25, 0.3) is 0 Å². The molecule has 0 aliphatic rings. The molecule has 0 spiro atoms. The number of carboxylic acid groups (broad SMARTS) is 1. The third kappa shape index (κ3) is 6.80. The van der Waals surface area contributed by atoms with Gasteiger partial charge in [0.05, 0.1) is 7.11 Å². The van der Waals surface area contributed by atoms with Crippen LogP contribution in [0.4, 0.5) is 4.79 Å². The van der Waals surface area contributed by atoms with Gasteiger partial charge in [-0.05, 0) is 24.0 Å². The number of nitrogens with one attached hydrogen (secondary N) is 1. The smallest absolute Gasteiger partial charge is 0.407 e. The van der Waals surface area contributed by atoms with Gasteiger partial charge in [-0.1, -0.05) is 36.4 Å². The van der Waals surface area contributed by atoms with Crippen LogP contribution in [0.15, 0.2) is 48.7 Å². The van der Waals surface area contributed by atoms with Gasteiger partial charge in [0.1, 0.15) is 6.61 Å². The largest absolute Gasteiger partial charge is 0.481 e. The van der Waals surface area contributed by atoms with Crippen molar-refractivity contribution in [1.82, 2.24) is 10.3 Å². The van der Waals surface area contributed by atoms with Crippen LogP contribution in [-0.2, 0) is 22.6 Å². The average molecular weight is 358 g/mol. The molecule has 7 nitrogen and oxygen atoms in total. The number of rotatable bonds is 9. The number of aromatic nitrogens is 1. The van der Waals surface area contributed by atoms with Gasteiger partial charge in [0.2, 0.25) is 5.88 Å². The highest BCUT2D eigenvalue weighted by Gasteiger charge is 2.16. The molecule has 1 aromatic heterocycles. The van der Waals surface area contributed by atoms with E-state index in [1.54, 1.807) is 12.3 Å². The summed E-state index contributed by atoms with van der Waals surface area (Å²) in [6.45, 7) is 0.155. The van der Waals surface area contributed by atoms with Gasteiger partial charge in [-0.15, -0.1) is 0 Å². The highest BCUT2D eigenvalue weighted by atomic mass is 16.5. The zero-order chi connectivity index (χ0) is 18.8. The van der Waals surface area contributed by atoms with Crippen LogP contribution in [0.5, 0.6) is 5.88 Å². The topological polar surface area (TPSA) is 97.8 Å². The first kappa shape index (κ1) is 19.2. The number of hydrogen-bond acceptors (Lipinski definition) is 5. The molecule has 0 aliphatic carbocycles. The molecule has 2 aromatic rings. The van der Waals surface area contributed by atoms with E-state index in [4.69, 9.17) is 14.6 Å². The lowest BCUT2D eigenvalue weighted by molar-refractivity contribution is -0.137. The van der Waals surface area contributed by atoms with Crippen LogP contribution in [0, 0.1) is 0 Å². The zero-order valence-electron chi connectivity index (χ0n) is 14.6. The van der Waals surface area contributed by atoms with Gasteiger partial charge in [-0.25, -0.2) is 9.78 Å². The Kier molecular flexibility index (Phi) is 7.42. The van der Waals surface area contributed by atoms with Crippen LogP contribution >= 0.6 is 0 Å². The number of alkyl carbamates (subject to hydrolysis) is 1. The monoisotopic (exact) mass is 358 g/mol. The van der Waals surface area contributed by atoms with Crippen molar-refractivity contribution in [2.45, 2.75) is 31.9 Å². The van der Waals surface area contributed by atoms with E-state index in [-0.39, 0.29) is 19.1 Å². The molecule has 1 unspecified atom stereocenters. The van der Waals surface area contributed by atoms with E-state index in [9.17, 15) is 9.59 Å². The number of ether oxygens (including phenoxy) is 2. The van der Waals surface area contributed by atoms with Crippen molar-refractivity contribution in [1.29, 1.82) is 0 Å². The van der Waals surface area contributed by atoms with Crippen LogP contribution in [-0.4, -0.2) is 35.3 Å². The third-order valence-electron chi connectivity index (χ3n) is 3.73. The summed E-state index contributed by atoms with van der Waals surface area (Å²) in [6.07, 6.45) is 1.76. The summed E-state index contributed by atoms with van der Waals surface area (Å²) in [5.41, 5.74) is 1.74. The Bertz CT molecular complexity index is 704. The maximum absolute atomic E-state index is 12.0. The van der Waals surface area contributed by atoms with Gasteiger partial charge in [0.15, 0.2) is 0 Å². The van der Waals surface area contributed by atoms with Gasteiger partial charge in [-0.2, -0.15) is 0 Å². The number of pyridine rings is 1. The van der Waals surface area contributed by atoms with Crippen molar-refractivity contribution in [3.63, 3.8) is 0 Å². The number of hydrogen-bond donors (Lipinski definition) is 2. The number of carbonyl (C=O) groups excluding carboxylic acids is 1. The van der Waals surface area contributed by atoms with E-state index < -0.39 is 12.1 Å². The van der Waals surface area contributed by atoms with E-state index >= 15 is 0 Å². The fourth-order valence-corrected chi connectivity index (χ4v) is 2.39.